The highest BCUT2D eigenvalue weighted by molar-refractivity contribution is 6.14. The van der Waals surface area contributed by atoms with E-state index < -0.39 is 23.2 Å². The average molecular weight is 702 g/mol. The lowest BCUT2D eigenvalue weighted by atomic mass is 9.79. The van der Waals surface area contributed by atoms with Crippen LogP contribution in [-0.2, 0) is 27.6 Å². The van der Waals surface area contributed by atoms with Crippen LogP contribution in [-0.4, -0.2) is 48.4 Å². The highest BCUT2D eigenvalue weighted by Gasteiger charge is 2.40. The fourth-order valence-corrected chi connectivity index (χ4v) is 7.94. The lowest BCUT2D eigenvalue weighted by molar-refractivity contribution is 0.0614. The van der Waals surface area contributed by atoms with Gasteiger partial charge in [0.25, 0.3) is 11.5 Å². The molecular weight excluding hydrogens is 663 g/mol. The van der Waals surface area contributed by atoms with E-state index in [1.807, 2.05) is 89.8 Å². The Hall–Kier alpha value is -6.48. The Labute approximate surface area is 306 Å². The lowest BCUT2D eigenvalue weighted by Gasteiger charge is -2.42. The van der Waals surface area contributed by atoms with Gasteiger partial charge in [-0.2, -0.15) is 0 Å². The second-order valence-corrected chi connectivity index (χ2v) is 13.7. The molecule has 7 aromatic rings. The minimum absolute atomic E-state index is 0.0485. The first kappa shape index (κ1) is 33.7. The molecule has 1 aliphatic heterocycles. The van der Waals surface area contributed by atoms with Gasteiger partial charge in [-0.15, -0.1) is 0 Å². The Morgan fingerprint density at radius 3 is 2.13 bits per heavy atom. The molecule has 0 spiro atoms. The van der Waals surface area contributed by atoms with Gasteiger partial charge in [0.1, 0.15) is 5.56 Å². The molecule has 1 amide bonds. The molecular formula is C44H39N5O4. The summed E-state index contributed by atoms with van der Waals surface area (Å²) in [6.07, 6.45) is 0.662. The first-order valence-corrected chi connectivity index (χ1v) is 17.7. The second kappa shape index (κ2) is 13.6. The van der Waals surface area contributed by atoms with Crippen LogP contribution in [0.15, 0.2) is 142 Å². The Balaban J connectivity index is 1.34. The Kier molecular flexibility index (Phi) is 8.62. The fraction of sp³-hybridized carbons (Fsp3) is 0.182. The number of aromatic hydroxyl groups is 1. The van der Waals surface area contributed by atoms with Crippen molar-refractivity contribution in [2.24, 2.45) is 26.1 Å². The zero-order valence-corrected chi connectivity index (χ0v) is 29.8. The number of hydrogen-bond acceptors (Lipinski definition) is 5. The molecule has 0 bridgehead atoms. The number of aryl methyl sites for hydroxylation is 1. The number of amides is 1. The van der Waals surface area contributed by atoms with Crippen molar-refractivity contribution in [2.45, 2.75) is 18.4 Å². The lowest BCUT2D eigenvalue weighted by Crippen LogP contribution is -2.44. The van der Waals surface area contributed by atoms with Gasteiger partial charge in [-0.1, -0.05) is 103 Å². The van der Waals surface area contributed by atoms with Crippen molar-refractivity contribution in [3.63, 3.8) is 0 Å². The summed E-state index contributed by atoms with van der Waals surface area (Å²) in [5.41, 5.74) is 5.35. The topological polar surface area (TPSA) is 102 Å². The maximum absolute atomic E-state index is 14.6. The van der Waals surface area contributed by atoms with Crippen LogP contribution in [0.1, 0.15) is 50.1 Å². The molecule has 2 aromatic heterocycles. The predicted octanol–water partition coefficient (Wildman–Crippen LogP) is 6.50. The molecule has 264 valence electrons. The van der Waals surface area contributed by atoms with Crippen LogP contribution in [0.2, 0.25) is 0 Å². The summed E-state index contributed by atoms with van der Waals surface area (Å²) in [6.45, 7) is 0.656. The van der Waals surface area contributed by atoms with Crippen LogP contribution in [0, 0.1) is 0 Å². The summed E-state index contributed by atoms with van der Waals surface area (Å²) in [6, 6.07) is 41.5. The fourth-order valence-electron chi connectivity index (χ4n) is 7.94. The van der Waals surface area contributed by atoms with Crippen LogP contribution in [0.25, 0.3) is 21.8 Å². The number of carbonyl (C=O) groups is 1. The monoisotopic (exact) mass is 701 g/mol. The number of aliphatic imine (C=N–C) groups is 1. The van der Waals surface area contributed by atoms with Gasteiger partial charge in [0.2, 0.25) is 5.88 Å². The van der Waals surface area contributed by atoms with Crippen LogP contribution < -0.4 is 11.2 Å². The van der Waals surface area contributed by atoms with Crippen molar-refractivity contribution in [1.29, 1.82) is 0 Å². The van der Waals surface area contributed by atoms with E-state index >= 15 is 0 Å². The zero-order chi connectivity index (χ0) is 36.8. The summed E-state index contributed by atoms with van der Waals surface area (Å²) in [4.78, 5) is 48.2. The van der Waals surface area contributed by atoms with E-state index in [0.717, 1.165) is 47.6 Å². The number of nitrogens with zero attached hydrogens (tertiary/aromatic N) is 5. The van der Waals surface area contributed by atoms with Gasteiger partial charge in [0.15, 0.2) is 0 Å². The number of carbonyl (C=O) groups excluding carboxylic acids is 1. The molecule has 9 heteroatoms. The summed E-state index contributed by atoms with van der Waals surface area (Å²) < 4.78 is 4.23. The average Bonchev–Trinajstić information content (AvgIpc) is 3.48. The van der Waals surface area contributed by atoms with Crippen molar-refractivity contribution in [2.75, 3.05) is 13.1 Å². The van der Waals surface area contributed by atoms with Gasteiger partial charge < -0.3 is 14.6 Å². The molecule has 8 rings (SSSR count). The third-order valence-electron chi connectivity index (χ3n) is 10.7. The highest BCUT2D eigenvalue weighted by Crippen LogP contribution is 2.44. The standard InChI is InChI=1S/C44H39N5O4/c1-46-36-21-13-12-19-32(36)34-26-30(22-23-37(34)46)40-35(31-18-10-11-20-33(31)41(50)49(40)25-24-28-14-6-4-7-15-28)27-45-39(29-16-8-5-9-17-29)38-42(51)47(2)44(53)48(3)43(38)52/h4-23,26,35,40,51H,24-25,27H2,1-3H3/t35-,40+/m0/s1. The summed E-state index contributed by atoms with van der Waals surface area (Å²) in [5.74, 6) is -0.834. The van der Waals surface area contributed by atoms with Crippen molar-refractivity contribution in [3.8, 4) is 5.88 Å². The van der Waals surface area contributed by atoms with E-state index in [2.05, 4.69) is 54.1 Å². The highest BCUT2D eigenvalue weighted by atomic mass is 16.3. The quantitative estimate of drug-likeness (QED) is 0.183. The van der Waals surface area contributed by atoms with Crippen LogP contribution >= 0.6 is 0 Å². The van der Waals surface area contributed by atoms with E-state index in [9.17, 15) is 19.5 Å². The van der Waals surface area contributed by atoms with Gasteiger partial charge in [0, 0.05) is 73.1 Å². The number of aromatic nitrogens is 3. The van der Waals surface area contributed by atoms with E-state index in [1.54, 1.807) is 0 Å². The third-order valence-corrected chi connectivity index (χ3v) is 10.7. The largest absolute Gasteiger partial charge is 0.494 e. The SMILES string of the molecule is Cn1c(O)c(C(=NC[C@H]2c3ccccc3C(=O)N(CCc3ccccc3)[C@@H]2c2ccc3c(c2)c2ccccc2n3C)c2ccccc2)c(=O)n(C)c1=O. The molecule has 0 aliphatic carbocycles. The van der Waals surface area contributed by atoms with E-state index in [1.165, 1.54) is 14.1 Å². The molecule has 1 N–H and O–H groups in total. The van der Waals surface area contributed by atoms with Gasteiger partial charge in [-0.25, -0.2) is 4.79 Å². The molecule has 2 atom stereocenters. The molecule has 53 heavy (non-hydrogen) atoms. The molecule has 1 aliphatic rings. The molecule has 0 saturated heterocycles. The smallest absolute Gasteiger partial charge is 0.333 e. The molecule has 0 fully saturated rings. The van der Waals surface area contributed by atoms with E-state index in [0.29, 0.717) is 24.1 Å². The normalized spacial score (nSPS) is 16.0. The molecule has 0 saturated carbocycles. The van der Waals surface area contributed by atoms with Crippen molar-refractivity contribution < 1.29 is 9.90 Å². The maximum Gasteiger partial charge on any atom is 0.333 e. The Morgan fingerprint density at radius 1 is 0.698 bits per heavy atom. The van der Waals surface area contributed by atoms with Crippen molar-refractivity contribution in [3.05, 3.63) is 182 Å². The number of hydrogen-bond donors (Lipinski definition) is 1. The van der Waals surface area contributed by atoms with E-state index in [-0.39, 0.29) is 29.6 Å². The predicted molar refractivity (Wildman–Crippen MR) is 209 cm³/mol. The first-order chi connectivity index (χ1) is 25.7. The van der Waals surface area contributed by atoms with Crippen LogP contribution in [0.5, 0.6) is 5.88 Å². The molecule has 0 radical (unpaired) electrons. The van der Waals surface area contributed by atoms with Gasteiger partial charge in [-0.05, 0) is 47.4 Å². The van der Waals surface area contributed by atoms with Crippen molar-refractivity contribution >= 4 is 33.4 Å². The van der Waals surface area contributed by atoms with Gasteiger partial charge >= 0.3 is 5.69 Å². The maximum atomic E-state index is 14.6. The van der Waals surface area contributed by atoms with Crippen LogP contribution in [0.4, 0.5) is 0 Å². The molecule has 5 aromatic carbocycles. The number of benzene rings is 5. The zero-order valence-electron chi connectivity index (χ0n) is 29.8. The third kappa shape index (κ3) is 5.74. The molecule has 0 unspecified atom stereocenters. The Morgan fingerprint density at radius 2 is 1.36 bits per heavy atom. The number of fused-ring (bicyclic) bond motifs is 4. The number of para-hydroxylation sites is 1. The van der Waals surface area contributed by atoms with Crippen molar-refractivity contribution in [1.82, 2.24) is 18.6 Å². The van der Waals surface area contributed by atoms with Crippen LogP contribution in [0.3, 0.4) is 0 Å². The molecule has 9 nitrogen and oxygen atoms in total. The minimum Gasteiger partial charge on any atom is -0.494 e. The van der Waals surface area contributed by atoms with Gasteiger partial charge in [0.05, 0.1) is 11.8 Å². The first-order valence-electron chi connectivity index (χ1n) is 17.7. The summed E-state index contributed by atoms with van der Waals surface area (Å²) in [5, 5.41) is 13.5. The minimum atomic E-state index is -0.644. The Bertz CT molecular complexity index is 2670. The number of rotatable bonds is 8. The van der Waals surface area contributed by atoms with E-state index in [4.69, 9.17) is 4.99 Å². The van der Waals surface area contributed by atoms with Gasteiger partial charge in [-0.3, -0.25) is 23.7 Å². The second-order valence-electron chi connectivity index (χ2n) is 13.7. The summed E-state index contributed by atoms with van der Waals surface area (Å²) >= 11 is 0. The molecule has 3 heterocycles. The summed E-state index contributed by atoms with van der Waals surface area (Å²) in [7, 11) is 4.89.